The summed E-state index contributed by atoms with van der Waals surface area (Å²) in [7, 11) is -3.76. The Bertz CT molecular complexity index is 1310. The Balaban J connectivity index is 1.94. The standard InChI is InChI=1S/C20H16F5N3O5S/c1-34(30,31)27-8-15(33-14-7-6-12(21)16(17(14)22)18(26)29)19-28-13(9-32-19)10-2-4-11(5-3-10)20(23,24)25/h2-7,9,15,27H,8H2,1H3,(H2,26,29). The molecule has 0 spiro atoms. The molecule has 1 heterocycles. The molecule has 0 saturated carbocycles. The van der Waals surface area contributed by atoms with E-state index in [0.717, 1.165) is 48.9 Å². The van der Waals surface area contributed by atoms with Crippen molar-refractivity contribution in [1.82, 2.24) is 9.71 Å². The van der Waals surface area contributed by atoms with Gasteiger partial charge in [-0.25, -0.2) is 26.9 Å². The van der Waals surface area contributed by atoms with Crippen molar-refractivity contribution < 1.29 is 44.3 Å². The molecule has 0 fully saturated rings. The van der Waals surface area contributed by atoms with Crippen LogP contribution in [0.3, 0.4) is 0 Å². The van der Waals surface area contributed by atoms with Gasteiger partial charge in [0.1, 0.15) is 23.3 Å². The van der Waals surface area contributed by atoms with Gasteiger partial charge in [-0.15, -0.1) is 0 Å². The van der Waals surface area contributed by atoms with E-state index < -0.39 is 63.3 Å². The zero-order chi connectivity index (χ0) is 25.3. The van der Waals surface area contributed by atoms with E-state index in [2.05, 4.69) is 9.71 Å². The zero-order valence-corrected chi connectivity index (χ0v) is 18.0. The van der Waals surface area contributed by atoms with E-state index in [1.54, 1.807) is 0 Å². The van der Waals surface area contributed by atoms with Crippen LogP contribution in [-0.2, 0) is 16.2 Å². The summed E-state index contributed by atoms with van der Waals surface area (Å²) in [6.45, 7) is -0.519. The van der Waals surface area contributed by atoms with Crippen molar-refractivity contribution in [2.24, 2.45) is 5.73 Å². The Kier molecular flexibility index (Phi) is 6.93. The van der Waals surface area contributed by atoms with Gasteiger partial charge in [-0.3, -0.25) is 4.79 Å². The number of halogens is 5. The largest absolute Gasteiger partial charge is 0.476 e. The van der Waals surface area contributed by atoms with Crippen molar-refractivity contribution in [3.63, 3.8) is 0 Å². The van der Waals surface area contributed by atoms with E-state index in [1.165, 1.54) is 0 Å². The first kappa shape index (κ1) is 25.1. The average molecular weight is 505 g/mol. The number of primary amides is 1. The number of hydrogen-bond donors (Lipinski definition) is 2. The predicted octanol–water partition coefficient (Wildman–Crippen LogP) is 3.41. The van der Waals surface area contributed by atoms with E-state index in [0.29, 0.717) is 0 Å². The number of carbonyl (C=O) groups is 1. The number of aromatic nitrogens is 1. The first-order chi connectivity index (χ1) is 15.8. The lowest BCUT2D eigenvalue weighted by molar-refractivity contribution is -0.137. The van der Waals surface area contributed by atoms with Crippen LogP contribution in [0.1, 0.15) is 27.9 Å². The number of nitrogens with zero attached hydrogens (tertiary/aromatic N) is 1. The number of alkyl halides is 3. The smallest absolute Gasteiger partial charge is 0.416 e. The Hall–Kier alpha value is -3.52. The second-order valence-corrected chi connectivity index (χ2v) is 8.80. The number of nitrogens with two attached hydrogens (primary N) is 1. The highest BCUT2D eigenvalue weighted by atomic mass is 32.2. The minimum Gasteiger partial charge on any atom is -0.476 e. The highest BCUT2D eigenvalue weighted by molar-refractivity contribution is 7.88. The van der Waals surface area contributed by atoms with Crippen LogP contribution in [0.4, 0.5) is 22.0 Å². The maximum atomic E-state index is 14.6. The third-order valence-corrected chi connectivity index (χ3v) is 5.10. The summed E-state index contributed by atoms with van der Waals surface area (Å²) >= 11 is 0. The average Bonchev–Trinajstić information content (AvgIpc) is 3.21. The van der Waals surface area contributed by atoms with Gasteiger partial charge in [0.15, 0.2) is 17.7 Å². The van der Waals surface area contributed by atoms with E-state index >= 15 is 0 Å². The van der Waals surface area contributed by atoms with Crippen molar-refractivity contribution in [2.75, 3.05) is 12.8 Å². The molecular formula is C20H16F5N3O5S. The zero-order valence-electron chi connectivity index (χ0n) is 17.2. The lowest BCUT2D eigenvalue weighted by Crippen LogP contribution is -2.30. The Morgan fingerprint density at radius 1 is 1.18 bits per heavy atom. The molecule has 3 N–H and O–H groups in total. The molecule has 0 aliphatic rings. The summed E-state index contributed by atoms with van der Waals surface area (Å²) in [4.78, 5) is 15.4. The van der Waals surface area contributed by atoms with Gasteiger partial charge >= 0.3 is 6.18 Å². The summed E-state index contributed by atoms with van der Waals surface area (Å²) in [5, 5.41) is 0. The second-order valence-electron chi connectivity index (χ2n) is 6.97. The van der Waals surface area contributed by atoms with E-state index in [-0.39, 0.29) is 17.1 Å². The normalized spacial score (nSPS) is 13.0. The summed E-state index contributed by atoms with van der Waals surface area (Å²) < 4.78 is 102. The monoisotopic (exact) mass is 505 g/mol. The Morgan fingerprint density at radius 3 is 2.38 bits per heavy atom. The number of sulfonamides is 1. The number of carbonyl (C=O) groups excluding carboxylic acids is 1. The lowest BCUT2D eigenvalue weighted by atomic mass is 10.1. The van der Waals surface area contributed by atoms with Gasteiger partial charge in [-0.2, -0.15) is 13.2 Å². The second kappa shape index (κ2) is 9.38. The first-order valence-corrected chi connectivity index (χ1v) is 11.2. The van der Waals surface area contributed by atoms with Crippen LogP contribution in [0.15, 0.2) is 47.1 Å². The molecule has 34 heavy (non-hydrogen) atoms. The summed E-state index contributed by atoms with van der Waals surface area (Å²) in [5.41, 5.74) is 3.35. The third-order valence-electron chi connectivity index (χ3n) is 4.41. The number of nitrogens with one attached hydrogen (secondary N) is 1. The molecule has 0 aliphatic heterocycles. The molecule has 1 aromatic heterocycles. The highest BCUT2D eigenvalue weighted by Crippen LogP contribution is 2.32. The third kappa shape index (κ3) is 5.88. The topological polar surface area (TPSA) is 125 Å². The number of amides is 1. The Labute approximate surface area is 189 Å². The molecule has 2 aromatic carbocycles. The molecule has 3 aromatic rings. The van der Waals surface area contributed by atoms with Crippen LogP contribution in [0.25, 0.3) is 11.3 Å². The molecule has 0 radical (unpaired) electrons. The van der Waals surface area contributed by atoms with Crippen molar-refractivity contribution in [3.05, 3.63) is 71.3 Å². The predicted molar refractivity (Wildman–Crippen MR) is 108 cm³/mol. The molecule has 3 rings (SSSR count). The van der Waals surface area contributed by atoms with Gasteiger partial charge in [-0.1, -0.05) is 12.1 Å². The Morgan fingerprint density at radius 2 is 1.82 bits per heavy atom. The molecule has 182 valence electrons. The lowest BCUT2D eigenvalue weighted by Gasteiger charge is -2.17. The molecule has 14 heteroatoms. The maximum Gasteiger partial charge on any atom is 0.416 e. The first-order valence-electron chi connectivity index (χ1n) is 9.28. The fourth-order valence-electron chi connectivity index (χ4n) is 2.81. The number of rotatable bonds is 8. The van der Waals surface area contributed by atoms with Gasteiger partial charge in [0.05, 0.1) is 18.4 Å². The van der Waals surface area contributed by atoms with Crippen LogP contribution in [0.2, 0.25) is 0 Å². The highest BCUT2D eigenvalue weighted by Gasteiger charge is 2.30. The van der Waals surface area contributed by atoms with Crippen LogP contribution in [-0.4, -0.2) is 32.1 Å². The van der Waals surface area contributed by atoms with Gasteiger partial charge in [0.25, 0.3) is 5.91 Å². The SMILES string of the molecule is CS(=O)(=O)NCC(Oc1ccc(F)c(C(N)=O)c1F)c1nc(-c2ccc(C(F)(F)F)cc2)co1. The van der Waals surface area contributed by atoms with Gasteiger partial charge < -0.3 is 14.9 Å². The number of hydrogen-bond acceptors (Lipinski definition) is 6. The molecular weight excluding hydrogens is 489 g/mol. The summed E-state index contributed by atoms with van der Waals surface area (Å²) in [5.74, 6) is -4.98. The fourth-order valence-corrected chi connectivity index (χ4v) is 3.26. The van der Waals surface area contributed by atoms with Gasteiger partial charge in [0.2, 0.25) is 15.9 Å². The van der Waals surface area contributed by atoms with Gasteiger partial charge in [0, 0.05) is 5.56 Å². The molecule has 1 amide bonds. The molecule has 0 bridgehead atoms. The van der Waals surface area contributed by atoms with Crippen LogP contribution in [0, 0.1) is 11.6 Å². The van der Waals surface area contributed by atoms with E-state index in [9.17, 15) is 35.2 Å². The maximum absolute atomic E-state index is 14.6. The van der Waals surface area contributed by atoms with Crippen LogP contribution in [0.5, 0.6) is 5.75 Å². The van der Waals surface area contributed by atoms with Gasteiger partial charge in [-0.05, 0) is 24.3 Å². The summed E-state index contributed by atoms with van der Waals surface area (Å²) in [6.07, 6.45) is -4.03. The number of benzene rings is 2. The van der Waals surface area contributed by atoms with Crippen molar-refractivity contribution in [2.45, 2.75) is 12.3 Å². The quantitative estimate of drug-likeness (QED) is 0.452. The molecule has 1 unspecified atom stereocenters. The van der Waals surface area contributed by atoms with Crippen molar-refractivity contribution in [3.8, 4) is 17.0 Å². The van der Waals surface area contributed by atoms with Crippen LogP contribution < -0.4 is 15.2 Å². The minimum atomic E-state index is -4.53. The van der Waals surface area contributed by atoms with Crippen molar-refractivity contribution in [1.29, 1.82) is 0 Å². The fraction of sp³-hybridized carbons (Fsp3) is 0.200. The molecule has 8 nitrogen and oxygen atoms in total. The number of oxazole rings is 1. The van der Waals surface area contributed by atoms with Crippen molar-refractivity contribution >= 4 is 15.9 Å². The number of ether oxygens (including phenoxy) is 1. The van der Waals surface area contributed by atoms with E-state index in [4.69, 9.17) is 14.9 Å². The molecule has 1 atom stereocenters. The molecule has 0 aliphatic carbocycles. The minimum absolute atomic E-state index is 0.0779. The summed E-state index contributed by atoms with van der Waals surface area (Å²) in [6, 6.07) is 5.54. The molecule has 0 saturated heterocycles. The van der Waals surface area contributed by atoms with E-state index in [1.807, 2.05) is 0 Å². The van der Waals surface area contributed by atoms with Crippen LogP contribution >= 0.6 is 0 Å².